The molecule has 0 amide bonds. The maximum Gasteiger partial charge on any atom is 0.280 e. The van der Waals surface area contributed by atoms with Crippen LogP contribution in [-0.4, -0.2) is 24.9 Å². The third-order valence-corrected chi connectivity index (χ3v) is 2.06. The van der Waals surface area contributed by atoms with Crippen LogP contribution in [0.2, 0.25) is 0 Å². The standard InChI is InChI=1S/C5H11NO3S/c1-3-4-6-5(2)10(7,8)9/h3,5-6H,1,4H2,2H3,(H,7,8,9). The molecule has 0 aromatic rings. The molecule has 1 atom stereocenters. The molecule has 0 aliphatic rings. The molecule has 0 heterocycles. The number of hydrogen-bond acceptors (Lipinski definition) is 3. The van der Waals surface area contributed by atoms with Crippen molar-refractivity contribution in [3.05, 3.63) is 12.7 Å². The van der Waals surface area contributed by atoms with Crippen molar-refractivity contribution in [3.63, 3.8) is 0 Å². The van der Waals surface area contributed by atoms with E-state index in [2.05, 4.69) is 11.9 Å². The Balaban J connectivity index is 3.86. The molecule has 0 bridgehead atoms. The van der Waals surface area contributed by atoms with E-state index < -0.39 is 15.5 Å². The van der Waals surface area contributed by atoms with E-state index >= 15 is 0 Å². The van der Waals surface area contributed by atoms with Crippen LogP contribution in [0.1, 0.15) is 6.92 Å². The normalized spacial score (nSPS) is 14.6. The molecule has 5 heteroatoms. The lowest BCUT2D eigenvalue weighted by molar-refractivity contribution is 0.459. The van der Waals surface area contributed by atoms with Gasteiger partial charge in [-0.05, 0) is 6.92 Å². The summed E-state index contributed by atoms with van der Waals surface area (Å²) in [7, 11) is -3.93. The molecule has 0 fully saturated rings. The minimum Gasteiger partial charge on any atom is -0.296 e. The minimum absolute atomic E-state index is 0.362. The van der Waals surface area contributed by atoms with Gasteiger partial charge >= 0.3 is 0 Å². The van der Waals surface area contributed by atoms with Gasteiger partial charge in [-0.1, -0.05) is 6.08 Å². The molecule has 0 rings (SSSR count). The van der Waals surface area contributed by atoms with E-state index in [-0.39, 0.29) is 0 Å². The van der Waals surface area contributed by atoms with Crippen LogP contribution < -0.4 is 5.32 Å². The highest BCUT2D eigenvalue weighted by atomic mass is 32.2. The average Bonchev–Trinajstić information content (AvgIpc) is 1.80. The van der Waals surface area contributed by atoms with Crippen molar-refractivity contribution in [1.29, 1.82) is 0 Å². The number of nitrogens with one attached hydrogen (secondary N) is 1. The lowest BCUT2D eigenvalue weighted by Crippen LogP contribution is -2.33. The Hall–Kier alpha value is -0.390. The summed E-state index contributed by atoms with van der Waals surface area (Å²) in [6.07, 6.45) is 1.52. The first-order chi connectivity index (χ1) is 4.48. The van der Waals surface area contributed by atoms with E-state index in [0.29, 0.717) is 6.54 Å². The lowest BCUT2D eigenvalue weighted by atomic mass is 10.6. The van der Waals surface area contributed by atoms with E-state index in [1.54, 1.807) is 0 Å². The summed E-state index contributed by atoms with van der Waals surface area (Å²) in [6, 6.07) is 0. The monoisotopic (exact) mass is 165 g/mol. The summed E-state index contributed by atoms with van der Waals surface area (Å²) in [5.74, 6) is 0. The highest BCUT2D eigenvalue weighted by Crippen LogP contribution is 1.90. The van der Waals surface area contributed by atoms with Gasteiger partial charge in [-0.15, -0.1) is 6.58 Å². The van der Waals surface area contributed by atoms with Crippen molar-refractivity contribution in [2.45, 2.75) is 12.3 Å². The van der Waals surface area contributed by atoms with Crippen LogP contribution >= 0.6 is 0 Å². The molecular formula is C5H11NO3S. The molecular weight excluding hydrogens is 154 g/mol. The fourth-order valence-electron chi connectivity index (χ4n) is 0.355. The second kappa shape index (κ2) is 3.70. The van der Waals surface area contributed by atoms with Gasteiger partial charge in [0.2, 0.25) is 0 Å². The Morgan fingerprint density at radius 3 is 2.60 bits per heavy atom. The Morgan fingerprint density at radius 2 is 2.30 bits per heavy atom. The highest BCUT2D eigenvalue weighted by Gasteiger charge is 2.14. The third-order valence-electron chi connectivity index (χ3n) is 0.996. The highest BCUT2D eigenvalue weighted by molar-refractivity contribution is 7.86. The quantitative estimate of drug-likeness (QED) is 0.454. The molecule has 4 nitrogen and oxygen atoms in total. The van der Waals surface area contributed by atoms with Crippen LogP contribution in [0.4, 0.5) is 0 Å². The molecule has 0 aromatic carbocycles. The first kappa shape index (κ1) is 9.61. The van der Waals surface area contributed by atoms with Crippen molar-refractivity contribution < 1.29 is 13.0 Å². The van der Waals surface area contributed by atoms with Crippen molar-refractivity contribution >= 4 is 10.1 Å². The maximum atomic E-state index is 10.3. The molecule has 0 saturated carbocycles. The van der Waals surface area contributed by atoms with Crippen molar-refractivity contribution in [2.75, 3.05) is 6.54 Å². The maximum absolute atomic E-state index is 10.3. The van der Waals surface area contributed by atoms with Gasteiger partial charge in [-0.25, -0.2) is 0 Å². The molecule has 0 aromatic heterocycles. The zero-order valence-corrected chi connectivity index (χ0v) is 6.56. The summed E-state index contributed by atoms with van der Waals surface area (Å²) < 4.78 is 29.0. The Kier molecular flexibility index (Phi) is 3.55. The lowest BCUT2D eigenvalue weighted by Gasteiger charge is -2.06. The average molecular weight is 165 g/mol. The zero-order valence-electron chi connectivity index (χ0n) is 5.74. The van der Waals surface area contributed by atoms with Gasteiger partial charge in [0, 0.05) is 6.54 Å². The second-order valence-electron chi connectivity index (χ2n) is 1.85. The van der Waals surface area contributed by atoms with Crippen molar-refractivity contribution in [3.8, 4) is 0 Å². The fourth-order valence-corrected chi connectivity index (χ4v) is 0.661. The molecule has 60 valence electrons. The predicted molar refractivity (Wildman–Crippen MR) is 39.2 cm³/mol. The van der Waals surface area contributed by atoms with E-state index in [4.69, 9.17) is 4.55 Å². The van der Waals surface area contributed by atoms with Gasteiger partial charge in [-0.2, -0.15) is 8.42 Å². The predicted octanol–water partition coefficient (Wildman–Crippen LogP) is -0.00420. The second-order valence-corrected chi connectivity index (χ2v) is 3.59. The third kappa shape index (κ3) is 3.60. The molecule has 1 unspecified atom stereocenters. The molecule has 0 radical (unpaired) electrons. The van der Waals surface area contributed by atoms with E-state index in [0.717, 1.165) is 0 Å². The smallest absolute Gasteiger partial charge is 0.280 e. The Morgan fingerprint density at radius 1 is 1.80 bits per heavy atom. The van der Waals surface area contributed by atoms with Crippen molar-refractivity contribution in [1.82, 2.24) is 5.32 Å². The first-order valence-electron chi connectivity index (χ1n) is 2.79. The van der Waals surface area contributed by atoms with Crippen LogP contribution in [0, 0.1) is 0 Å². The van der Waals surface area contributed by atoms with Gasteiger partial charge in [0.15, 0.2) is 0 Å². The SMILES string of the molecule is C=CCNC(C)S(=O)(=O)O. The summed E-state index contributed by atoms with van der Waals surface area (Å²) in [4.78, 5) is 0. The van der Waals surface area contributed by atoms with Gasteiger partial charge in [0.05, 0.1) is 0 Å². The van der Waals surface area contributed by atoms with Crippen LogP contribution in [0.15, 0.2) is 12.7 Å². The molecule has 0 saturated heterocycles. The van der Waals surface area contributed by atoms with E-state index in [1.807, 2.05) is 0 Å². The molecule has 10 heavy (non-hydrogen) atoms. The van der Waals surface area contributed by atoms with Crippen LogP contribution in [0.25, 0.3) is 0 Å². The van der Waals surface area contributed by atoms with Crippen LogP contribution in [-0.2, 0) is 10.1 Å². The summed E-state index contributed by atoms with van der Waals surface area (Å²) in [6.45, 7) is 5.10. The van der Waals surface area contributed by atoms with Crippen LogP contribution in [0.5, 0.6) is 0 Å². The number of hydrogen-bond donors (Lipinski definition) is 2. The van der Waals surface area contributed by atoms with Gasteiger partial charge in [-0.3, -0.25) is 9.87 Å². The largest absolute Gasteiger partial charge is 0.296 e. The van der Waals surface area contributed by atoms with Gasteiger partial charge < -0.3 is 0 Å². The summed E-state index contributed by atoms with van der Waals surface area (Å²) in [5.41, 5.74) is 0. The van der Waals surface area contributed by atoms with Gasteiger partial charge in [0.1, 0.15) is 5.37 Å². The molecule has 0 spiro atoms. The molecule has 0 aliphatic heterocycles. The number of rotatable bonds is 4. The molecule has 0 aliphatic carbocycles. The van der Waals surface area contributed by atoms with E-state index in [1.165, 1.54) is 13.0 Å². The Labute approximate surface area is 60.7 Å². The molecule has 2 N–H and O–H groups in total. The summed E-state index contributed by atoms with van der Waals surface area (Å²) in [5, 5.41) is 1.59. The zero-order chi connectivity index (χ0) is 8.20. The van der Waals surface area contributed by atoms with Crippen LogP contribution in [0.3, 0.4) is 0 Å². The minimum atomic E-state index is -3.93. The fraction of sp³-hybridized carbons (Fsp3) is 0.600. The van der Waals surface area contributed by atoms with E-state index in [9.17, 15) is 8.42 Å². The summed E-state index contributed by atoms with van der Waals surface area (Å²) >= 11 is 0. The first-order valence-corrected chi connectivity index (χ1v) is 4.29. The van der Waals surface area contributed by atoms with Crippen molar-refractivity contribution in [2.24, 2.45) is 0 Å². The topological polar surface area (TPSA) is 66.4 Å². The van der Waals surface area contributed by atoms with Gasteiger partial charge in [0.25, 0.3) is 10.1 Å². The Bertz CT molecular complexity index is 197.